The van der Waals surface area contributed by atoms with Gasteiger partial charge in [0.05, 0.1) is 17.5 Å². The molecule has 0 spiro atoms. The standard InChI is InChI=1S/C24H26FN7O2S/c1-13-9-20(35-31-13)30-23-21(22(26)33)27-11-19(29-23)32-8-2-3-16(12-32)28-24(34)17-7-6-15(10-18(17)25)14-4-5-14/h6-7,9-11,14,16H,2-5,8,12H2,1H3,(H2,26,33)(H,28,34)(H,29,30). The number of rotatable bonds is 7. The van der Waals surface area contributed by atoms with Crippen molar-refractivity contribution in [2.45, 2.75) is 44.6 Å². The zero-order valence-corrected chi connectivity index (χ0v) is 20.1. The highest BCUT2D eigenvalue weighted by Gasteiger charge is 2.27. The third-order valence-corrected chi connectivity index (χ3v) is 7.03. The number of primary amides is 1. The third-order valence-electron chi connectivity index (χ3n) is 6.23. The van der Waals surface area contributed by atoms with E-state index >= 15 is 0 Å². The van der Waals surface area contributed by atoms with Gasteiger partial charge in [0.1, 0.15) is 16.6 Å². The Bertz CT molecular complexity index is 1280. The first-order valence-electron chi connectivity index (χ1n) is 11.6. The predicted molar refractivity (Wildman–Crippen MR) is 132 cm³/mol. The fraction of sp³-hybridized carbons (Fsp3) is 0.375. The fourth-order valence-corrected chi connectivity index (χ4v) is 4.95. The quantitative estimate of drug-likeness (QED) is 0.458. The van der Waals surface area contributed by atoms with E-state index in [0.717, 1.165) is 41.9 Å². The lowest BCUT2D eigenvalue weighted by Gasteiger charge is -2.34. The number of hydrogen-bond acceptors (Lipinski definition) is 8. The number of aryl methyl sites for hydroxylation is 1. The summed E-state index contributed by atoms with van der Waals surface area (Å²) in [6.45, 7) is 3.06. The van der Waals surface area contributed by atoms with Gasteiger partial charge >= 0.3 is 0 Å². The number of aromatic nitrogens is 3. The van der Waals surface area contributed by atoms with Crippen LogP contribution in [0.2, 0.25) is 0 Å². The van der Waals surface area contributed by atoms with Gasteiger partial charge in [-0.1, -0.05) is 6.07 Å². The summed E-state index contributed by atoms with van der Waals surface area (Å²) in [5.41, 5.74) is 7.38. The molecule has 182 valence electrons. The summed E-state index contributed by atoms with van der Waals surface area (Å²) in [6.07, 6.45) is 5.23. The van der Waals surface area contributed by atoms with Crippen LogP contribution in [-0.4, -0.2) is 45.3 Å². The van der Waals surface area contributed by atoms with E-state index in [1.807, 2.05) is 24.0 Å². The highest BCUT2D eigenvalue weighted by Crippen LogP contribution is 2.40. The molecule has 2 aliphatic rings. The number of carbonyl (C=O) groups excluding carboxylic acids is 2. The molecule has 1 saturated heterocycles. The van der Waals surface area contributed by atoms with Crippen molar-refractivity contribution in [2.24, 2.45) is 5.73 Å². The maximum absolute atomic E-state index is 14.6. The Labute approximate surface area is 206 Å². The summed E-state index contributed by atoms with van der Waals surface area (Å²) in [4.78, 5) is 35.5. The molecule has 11 heteroatoms. The second-order valence-electron chi connectivity index (χ2n) is 9.02. The van der Waals surface area contributed by atoms with E-state index in [1.165, 1.54) is 23.8 Å². The van der Waals surface area contributed by atoms with Gasteiger partial charge in [-0.05, 0) is 73.8 Å². The summed E-state index contributed by atoms with van der Waals surface area (Å²) in [5, 5.41) is 6.76. The largest absolute Gasteiger partial charge is 0.364 e. The van der Waals surface area contributed by atoms with Gasteiger partial charge in [0.25, 0.3) is 11.8 Å². The molecule has 9 nitrogen and oxygen atoms in total. The van der Waals surface area contributed by atoms with Gasteiger partial charge in [0, 0.05) is 19.1 Å². The molecule has 0 radical (unpaired) electrons. The van der Waals surface area contributed by atoms with Gasteiger partial charge in [-0.2, -0.15) is 4.37 Å². The van der Waals surface area contributed by atoms with E-state index in [2.05, 4.69) is 25.0 Å². The first-order chi connectivity index (χ1) is 16.9. The summed E-state index contributed by atoms with van der Waals surface area (Å²) in [6, 6.07) is 6.56. The van der Waals surface area contributed by atoms with Crippen molar-refractivity contribution in [3.05, 3.63) is 58.8 Å². The SMILES string of the molecule is Cc1cc(Nc2nc(N3CCCC(NC(=O)c4ccc(C5CC5)cc4F)C3)cnc2C(N)=O)sn1. The molecule has 1 aromatic carbocycles. The van der Waals surface area contributed by atoms with Crippen molar-refractivity contribution in [2.75, 3.05) is 23.3 Å². The van der Waals surface area contributed by atoms with Crippen LogP contribution in [0.5, 0.6) is 0 Å². The van der Waals surface area contributed by atoms with Crippen LogP contribution >= 0.6 is 11.5 Å². The summed E-state index contributed by atoms with van der Waals surface area (Å²) >= 11 is 1.25. The number of nitrogens with one attached hydrogen (secondary N) is 2. The molecule has 35 heavy (non-hydrogen) atoms. The molecule has 3 aromatic rings. The molecular formula is C24H26FN7O2S. The highest BCUT2D eigenvalue weighted by atomic mass is 32.1. The number of hydrogen-bond donors (Lipinski definition) is 3. The van der Waals surface area contributed by atoms with Crippen LogP contribution in [-0.2, 0) is 0 Å². The third kappa shape index (κ3) is 5.24. The van der Waals surface area contributed by atoms with Crippen molar-refractivity contribution in [3.8, 4) is 0 Å². The smallest absolute Gasteiger partial charge is 0.271 e. The van der Waals surface area contributed by atoms with Crippen LogP contribution in [0.25, 0.3) is 0 Å². The van der Waals surface area contributed by atoms with Crippen LogP contribution in [0.15, 0.2) is 30.5 Å². The normalized spacial score (nSPS) is 17.8. The maximum atomic E-state index is 14.6. The number of nitrogens with two attached hydrogens (primary N) is 1. The van der Waals surface area contributed by atoms with E-state index in [1.54, 1.807) is 6.07 Å². The second-order valence-corrected chi connectivity index (χ2v) is 9.82. The van der Waals surface area contributed by atoms with Crippen molar-refractivity contribution < 1.29 is 14.0 Å². The van der Waals surface area contributed by atoms with Gasteiger partial charge in [0.2, 0.25) is 0 Å². The number of halogens is 1. The zero-order valence-electron chi connectivity index (χ0n) is 19.3. The Hall–Kier alpha value is -3.60. The van der Waals surface area contributed by atoms with E-state index in [-0.39, 0.29) is 23.1 Å². The minimum atomic E-state index is -0.689. The van der Waals surface area contributed by atoms with Crippen molar-refractivity contribution in [3.63, 3.8) is 0 Å². The molecule has 1 atom stereocenters. The first-order valence-corrected chi connectivity index (χ1v) is 12.4. The van der Waals surface area contributed by atoms with Crippen molar-refractivity contribution in [1.29, 1.82) is 0 Å². The van der Waals surface area contributed by atoms with Gasteiger partial charge in [-0.15, -0.1) is 0 Å². The van der Waals surface area contributed by atoms with Crippen molar-refractivity contribution >= 4 is 40.0 Å². The highest BCUT2D eigenvalue weighted by molar-refractivity contribution is 7.10. The van der Waals surface area contributed by atoms with E-state index in [4.69, 9.17) is 5.73 Å². The molecule has 1 unspecified atom stereocenters. The van der Waals surface area contributed by atoms with E-state index in [0.29, 0.717) is 24.8 Å². The van der Waals surface area contributed by atoms with Gasteiger partial charge in [0.15, 0.2) is 11.5 Å². The molecule has 1 aliphatic heterocycles. The Morgan fingerprint density at radius 2 is 2.06 bits per heavy atom. The predicted octanol–water partition coefficient (Wildman–Crippen LogP) is 3.50. The van der Waals surface area contributed by atoms with Crippen LogP contribution in [0, 0.1) is 12.7 Å². The number of anilines is 3. The minimum Gasteiger partial charge on any atom is -0.364 e. The average molecular weight is 496 g/mol. The minimum absolute atomic E-state index is 0.0341. The van der Waals surface area contributed by atoms with Crippen LogP contribution in [0.1, 0.15) is 63.7 Å². The zero-order chi connectivity index (χ0) is 24.5. The molecule has 3 heterocycles. The number of benzene rings is 1. The number of amides is 2. The molecule has 5 rings (SSSR count). The molecule has 4 N–H and O–H groups in total. The van der Waals surface area contributed by atoms with Crippen LogP contribution in [0.4, 0.5) is 21.0 Å². The van der Waals surface area contributed by atoms with E-state index < -0.39 is 17.6 Å². The van der Waals surface area contributed by atoms with E-state index in [9.17, 15) is 14.0 Å². The fourth-order valence-electron chi connectivity index (χ4n) is 4.29. The summed E-state index contributed by atoms with van der Waals surface area (Å²) in [7, 11) is 0. The Morgan fingerprint density at radius 1 is 1.23 bits per heavy atom. The molecule has 1 aliphatic carbocycles. The lowest BCUT2D eigenvalue weighted by atomic mass is 10.0. The molecule has 2 amide bonds. The summed E-state index contributed by atoms with van der Waals surface area (Å²) in [5.74, 6) is -0.363. The Balaban J connectivity index is 1.29. The average Bonchev–Trinajstić information content (AvgIpc) is 3.61. The van der Waals surface area contributed by atoms with Crippen LogP contribution in [0.3, 0.4) is 0 Å². The lowest BCUT2D eigenvalue weighted by molar-refractivity contribution is 0.0927. The summed E-state index contributed by atoms with van der Waals surface area (Å²) < 4.78 is 18.8. The number of piperidine rings is 1. The van der Waals surface area contributed by atoms with Crippen molar-refractivity contribution in [1.82, 2.24) is 19.7 Å². The molecule has 2 aromatic heterocycles. The van der Waals surface area contributed by atoms with Crippen LogP contribution < -0.4 is 21.3 Å². The lowest BCUT2D eigenvalue weighted by Crippen LogP contribution is -2.48. The first kappa shape index (κ1) is 23.2. The van der Waals surface area contributed by atoms with Gasteiger partial charge in [-0.3, -0.25) is 9.59 Å². The monoisotopic (exact) mass is 495 g/mol. The topological polar surface area (TPSA) is 126 Å². The Kier molecular flexibility index (Phi) is 6.33. The number of nitrogens with zero attached hydrogens (tertiary/aromatic N) is 4. The van der Waals surface area contributed by atoms with Gasteiger partial charge < -0.3 is 21.3 Å². The molecule has 2 fully saturated rings. The number of carbonyl (C=O) groups is 2. The molecular weight excluding hydrogens is 469 g/mol. The van der Waals surface area contributed by atoms with Gasteiger partial charge in [-0.25, -0.2) is 14.4 Å². The maximum Gasteiger partial charge on any atom is 0.271 e. The molecule has 0 bridgehead atoms. The molecule has 1 saturated carbocycles. The Morgan fingerprint density at radius 3 is 2.74 bits per heavy atom. The second kappa shape index (κ2) is 9.57.